The third-order valence-electron chi connectivity index (χ3n) is 4.18. The molecule has 0 bridgehead atoms. The van der Waals surface area contributed by atoms with Gasteiger partial charge in [-0.05, 0) is 30.2 Å². The fourth-order valence-electron chi connectivity index (χ4n) is 2.78. The number of piperazine rings is 1. The first-order valence-corrected chi connectivity index (χ1v) is 7.77. The number of ether oxygens (including phenoxy) is 1. The molecule has 1 aromatic rings. The van der Waals surface area contributed by atoms with Crippen LogP contribution in [0.1, 0.15) is 5.56 Å². The first-order valence-electron chi connectivity index (χ1n) is 7.40. The number of benzene rings is 1. The number of hydrazine groups is 1. The van der Waals surface area contributed by atoms with E-state index in [9.17, 15) is 4.79 Å². The lowest BCUT2D eigenvalue weighted by Crippen LogP contribution is -3.12. The molecule has 2 aliphatic heterocycles. The van der Waals surface area contributed by atoms with Gasteiger partial charge < -0.3 is 9.64 Å². The van der Waals surface area contributed by atoms with E-state index in [1.807, 2.05) is 23.2 Å². The van der Waals surface area contributed by atoms with Crippen LogP contribution in [0.25, 0.3) is 0 Å². The smallest absolute Gasteiger partial charge is 0.241 e. The second-order valence-electron chi connectivity index (χ2n) is 5.88. The lowest BCUT2D eigenvalue weighted by molar-refractivity contribution is -0.884. The summed E-state index contributed by atoms with van der Waals surface area (Å²) in [6, 6.07) is 5.57. The van der Waals surface area contributed by atoms with E-state index in [2.05, 4.69) is 12.5 Å². The molecule has 5 nitrogen and oxygen atoms in total. The first kappa shape index (κ1) is 14.6. The zero-order chi connectivity index (χ0) is 14.8. The van der Waals surface area contributed by atoms with Crippen molar-refractivity contribution in [2.45, 2.75) is 6.42 Å². The summed E-state index contributed by atoms with van der Waals surface area (Å²) in [5.74, 6) is 0.731. The fraction of sp³-hybridized carbons (Fsp3) is 0.533. The summed E-state index contributed by atoms with van der Waals surface area (Å²) in [6.45, 7) is 4.33. The van der Waals surface area contributed by atoms with E-state index in [-0.39, 0.29) is 11.8 Å². The summed E-state index contributed by atoms with van der Waals surface area (Å²) >= 11 is 6.01. The number of carbonyl (C=O) groups is 1. The second-order valence-corrected chi connectivity index (χ2v) is 6.32. The Labute approximate surface area is 129 Å². The van der Waals surface area contributed by atoms with Crippen LogP contribution >= 0.6 is 11.6 Å². The van der Waals surface area contributed by atoms with E-state index >= 15 is 0 Å². The van der Waals surface area contributed by atoms with Crippen LogP contribution in [0.15, 0.2) is 18.2 Å². The average molecular weight is 311 g/mol. The molecule has 0 aromatic heterocycles. The number of nitrogens with zero attached hydrogens (tertiary/aromatic N) is 1. The van der Waals surface area contributed by atoms with Crippen LogP contribution in [0.4, 0.5) is 0 Å². The van der Waals surface area contributed by atoms with Crippen molar-refractivity contribution in [2.75, 3.05) is 39.8 Å². The van der Waals surface area contributed by atoms with E-state index in [1.54, 1.807) is 0 Å². The first-order chi connectivity index (χ1) is 10.1. The van der Waals surface area contributed by atoms with Gasteiger partial charge in [-0.15, -0.1) is 0 Å². The number of rotatable bonds is 2. The van der Waals surface area contributed by atoms with Gasteiger partial charge in [0.05, 0.1) is 39.1 Å². The van der Waals surface area contributed by atoms with E-state index in [4.69, 9.17) is 16.3 Å². The minimum absolute atomic E-state index is 0.0418. The predicted octanol–water partition coefficient (Wildman–Crippen LogP) is -0.247. The highest BCUT2D eigenvalue weighted by molar-refractivity contribution is 6.30. The van der Waals surface area contributed by atoms with Gasteiger partial charge in [-0.1, -0.05) is 11.6 Å². The van der Waals surface area contributed by atoms with Crippen molar-refractivity contribution in [3.8, 4) is 5.75 Å². The van der Waals surface area contributed by atoms with Gasteiger partial charge in [0.1, 0.15) is 12.4 Å². The van der Waals surface area contributed by atoms with Crippen LogP contribution in [0.3, 0.4) is 0 Å². The molecule has 2 N–H and O–H groups in total. The molecule has 0 spiro atoms. The van der Waals surface area contributed by atoms with Crippen molar-refractivity contribution >= 4 is 17.5 Å². The van der Waals surface area contributed by atoms with Gasteiger partial charge in [-0.25, -0.2) is 5.01 Å². The van der Waals surface area contributed by atoms with E-state index in [1.165, 1.54) is 4.90 Å². The Hall–Kier alpha value is -1.30. The molecule has 6 heteroatoms. The van der Waals surface area contributed by atoms with Gasteiger partial charge in [0.25, 0.3) is 0 Å². The third-order valence-corrected chi connectivity index (χ3v) is 4.42. The molecule has 0 radical (unpaired) electrons. The van der Waals surface area contributed by atoms with Crippen molar-refractivity contribution < 1.29 is 14.4 Å². The summed E-state index contributed by atoms with van der Waals surface area (Å²) in [5.41, 5.74) is 4.03. The van der Waals surface area contributed by atoms with Crippen LogP contribution in [0, 0.1) is 5.92 Å². The van der Waals surface area contributed by atoms with E-state index < -0.39 is 0 Å². The Morgan fingerprint density at radius 1 is 1.43 bits per heavy atom. The van der Waals surface area contributed by atoms with Gasteiger partial charge in [0.2, 0.25) is 5.91 Å². The number of hydrogen-bond acceptors (Lipinski definition) is 3. The molecule has 2 aliphatic rings. The number of quaternary nitrogens is 1. The predicted molar refractivity (Wildman–Crippen MR) is 80.5 cm³/mol. The minimum atomic E-state index is -0.150. The van der Waals surface area contributed by atoms with Crippen molar-refractivity contribution in [1.82, 2.24) is 10.4 Å². The second kappa shape index (κ2) is 6.22. The van der Waals surface area contributed by atoms with E-state index in [0.29, 0.717) is 18.1 Å². The lowest BCUT2D eigenvalue weighted by atomic mass is 9.96. The van der Waals surface area contributed by atoms with Crippen LogP contribution in [-0.4, -0.2) is 50.7 Å². The topological polar surface area (TPSA) is 46.0 Å². The lowest BCUT2D eigenvalue weighted by Gasteiger charge is -2.32. The van der Waals surface area contributed by atoms with Gasteiger partial charge in [-0.3, -0.25) is 10.2 Å². The molecule has 1 saturated heterocycles. The Bertz CT molecular complexity index is 530. The molecule has 21 heavy (non-hydrogen) atoms. The Kier molecular flexibility index (Phi) is 4.33. The van der Waals surface area contributed by atoms with Crippen LogP contribution in [-0.2, 0) is 11.2 Å². The highest BCUT2D eigenvalue weighted by Gasteiger charge is 2.28. The monoisotopic (exact) mass is 310 g/mol. The largest absolute Gasteiger partial charge is 0.492 e. The number of halogens is 1. The van der Waals surface area contributed by atoms with Crippen molar-refractivity contribution in [3.63, 3.8) is 0 Å². The number of hydrogen-bond donors (Lipinski definition) is 2. The Morgan fingerprint density at radius 2 is 2.19 bits per heavy atom. The Morgan fingerprint density at radius 3 is 2.95 bits per heavy atom. The molecule has 3 rings (SSSR count). The highest BCUT2D eigenvalue weighted by Crippen LogP contribution is 2.29. The van der Waals surface area contributed by atoms with Crippen molar-refractivity contribution in [2.24, 2.45) is 5.92 Å². The molecular weight excluding hydrogens is 290 g/mol. The molecule has 0 aliphatic carbocycles. The molecule has 1 amide bonds. The maximum absolute atomic E-state index is 12.4. The Balaban J connectivity index is 1.59. The van der Waals surface area contributed by atoms with Crippen LogP contribution < -0.4 is 15.1 Å². The molecule has 114 valence electrons. The normalized spacial score (nSPS) is 23.2. The zero-order valence-corrected chi connectivity index (χ0v) is 12.9. The highest BCUT2D eigenvalue weighted by atomic mass is 35.5. The molecule has 1 aromatic carbocycles. The third kappa shape index (κ3) is 3.48. The van der Waals surface area contributed by atoms with Crippen molar-refractivity contribution in [1.29, 1.82) is 0 Å². The molecule has 0 unspecified atom stereocenters. The molecule has 1 fully saturated rings. The maximum atomic E-state index is 12.4. The summed E-state index contributed by atoms with van der Waals surface area (Å²) in [7, 11) is 2.18. The van der Waals surface area contributed by atoms with E-state index in [0.717, 1.165) is 37.5 Å². The van der Waals surface area contributed by atoms with Crippen molar-refractivity contribution in [3.05, 3.63) is 28.8 Å². The maximum Gasteiger partial charge on any atom is 0.241 e. The number of amides is 1. The number of likely N-dealkylation sites (N-methyl/N-ethyl adjacent to an activating group) is 1. The SMILES string of the molecule is C[NH+]1CCN(NC(=O)[C@H]2COc3ccc(Cl)cc3C2)CC1. The molecule has 0 saturated carbocycles. The zero-order valence-electron chi connectivity index (χ0n) is 12.2. The standard InChI is InChI=1S/C15H20ClN3O2/c1-18-4-6-19(7-5-18)17-15(20)12-8-11-9-13(16)2-3-14(11)21-10-12/h2-3,9,12H,4-8,10H2,1H3,(H,17,20)/p+1/t12-/m1/s1. The van der Waals surface area contributed by atoms with Gasteiger partial charge >= 0.3 is 0 Å². The number of carbonyl (C=O) groups excluding carboxylic acids is 1. The summed E-state index contributed by atoms with van der Waals surface area (Å²) in [4.78, 5) is 13.9. The minimum Gasteiger partial charge on any atom is -0.492 e. The molecule has 2 heterocycles. The quantitative estimate of drug-likeness (QED) is 0.792. The summed E-state index contributed by atoms with van der Waals surface area (Å²) < 4.78 is 5.68. The van der Waals surface area contributed by atoms with Gasteiger partial charge in [0, 0.05) is 5.02 Å². The number of nitrogens with one attached hydrogen (secondary N) is 2. The van der Waals surface area contributed by atoms with Gasteiger partial charge in [-0.2, -0.15) is 0 Å². The molecule has 1 atom stereocenters. The average Bonchev–Trinajstić information content (AvgIpc) is 2.48. The van der Waals surface area contributed by atoms with Crippen LogP contribution in [0.2, 0.25) is 5.02 Å². The number of fused-ring (bicyclic) bond motifs is 1. The van der Waals surface area contributed by atoms with Gasteiger partial charge in [0.15, 0.2) is 0 Å². The summed E-state index contributed by atoms with van der Waals surface area (Å²) in [6.07, 6.45) is 0.681. The molecular formula is C15H21ClN3O2+. The summed E-state index contributed by atoms with van der Waals surface area (Å²) in [5, 5.41) is 2.70. The van der Waals surface area contributed by atoms with Crippen LogP contribution in [0.5, 0.6) is 5.75 Å². The fourth-order valence-corrected chi connectivity index (χ4v) is 2.97.